The Hall–Kier alpha value is -0.650. The predicted octanol–water partition coefficient (Wildman–Crippen LogP) is 1.50. The van der Waals surface area contributed by atoms with Crippen LogP contribution in [0.1, 0.15) is 40.5 Å². The fourth-order valence-electron chi connectivity index (χ4n) is 3.74. The Morgan fingerprint density at radius 2 is 1.54 bits per heavy atom. The number of carbonyl (C=O) groups excluding carboxylic acids is 1. The van der Waals surface area contributed by atoms with Gasteiger partial charge >= 0.3 is 0 Å². The summed E-state index contributed by atoms with van der Waals surface area (Å²) < 4.78 is 0. The molecule has 2 saturated heterocycles. The second-order valence-corrected chi connectivity index (χ2v) is 8.32. The van der Waals surface area contributed by atoms with Crippen LogP contribution < -0.4 is 5.32 Å². The molecular weight excluding hydrogens is 300 g/mol. The van der Waals surface area contributed by atoms with Crippen molar-refractivity contribution in [1.29, 1.82) is 0 Å². The predicted molar refractivity (Wildman–Crippen MR) is 100 cm³/mol. The van der Waals surface area contributed by atoms with Crippen LogP contribution in [-0.4, -0.2) is 85.6 Å². The van der Waals surface area contributed by atoms with E-state index in [-0.39, 0.29) is 17.4 Å². The van der Waals surface area contributed by atoms with E-state index in [0.717, 1.165) is 65.2 Å². The van der Waals surface area contributed by atoms with Crippen LogP contribution in [0.4, 0.5) is 0 Å². The molecule has 5 nitrogen and oxygen atoms in total. The summed E-state index contributed by atoms with van der Waals surface area (Å²) in [6, 6.07) is 0. The van der Waals surface area contributed by atoms with Gasteiger partial charge in [0.05, 0.1) is 5.54 Å². The van der Waals surface area contributed by atoms with Crippen LogP contribution >= 0.6 is 0 Å². The first kappa shape index (κ1) is 19.7. The van der Waals surface area contributed by atoms with Gasteiger partial charge in [0.1, 0.15) is 0 Å². The van der Waals surface area contributed by atoms with Gasteiger partial charge in [-0.2, -0.15) is 0 Å². The first-order valence-corrected chi connectivity index (χ1v) is 9.80. The Bertz CT molecular complexity index is 396. The van der Waals surface area contributed by atoms with E-state index in [1.165, 1.54) is 0 Å². The molecule has 2 heterocycles. The molecule has 1 amide bonds. The summed E-state index contributed by atoms with van der Waals surface area (Å²) in [7, 11) is 2.18. The van der Waals surface area contributed by atoms with Crippen LogP contribution in [0, 0.1) is 11.8 Å². The zero-order chi connectivity index (χ0) is 17.7. The number of nitrogens with one attached hydrogen (secondary N) is 1. The average molecular weight is 339 g/mol. The fourth-order valence-corrected chi connectivity index (χ4v) is 3.74. The molecule has 140 valence electrons. The van der Waals surface area contributed by atoms with E-state index in [1.54, 1.807) is 0 Å². The highest BCUT2D eigenvalue weighted by atomic mass is 16.2. The van der Waals surface area contributed by atoms with Crippen molar-refractivity contribution in [3.8, 4) is 0 Å². The number of likely N-dealkylation sites (tertiary alicyclic amines) is 1. The third kappa shape index (κ3) is 5.17. The van der Waals surface area contributed by atoms with Gasteiger partial charge in [0.2, 0.25) is 5.91 Å². The monoisotopic (exact) mass is 338 g/mol. The van der Waals surface area contributed by atoms with Crippen LogP contribution in [0.5, 0.6) is 0 Å². The molecular formula is C19H38N4O. The fraction of sp³-hybridized carbons (Fsp3) is 0.947. The molecule has 24 heavy (non-hydrogen) atoms. The number of likely N-dealkylation sites (N-methyl/N-ethyl adjacent to an activating group) is 1. The maximum atomic E-state index is 12.7. The Kier molecular flexibility index (Phi) is 7.08. The van der Waals surface area contributed by atoms with E-state index >= 15 is 0 Å². The lowest BCUT2D eigenvalue weighted by molar-refractivity contribution is -0.128. The molecule has 0 radical (unpaired) electrons. The summed E-state index contributed by atoms with van der Waals surface area (Å²) in [6.07, 6.45) is 2.13. The number of carbonyl (C=O) groups is 1. The molecule has 0 bridgehead atoms. The third-order valence-electron chi connectivity index (χ3n) is 6.18. The van der Waals surface area contributed by atoms with E-state index in [9.17, 15) is 4.79 Å². The number of piperazine rings is 1. The highest BCUT2D eigenvalue weighted by Gasteiger charge is 2.38. The Morgan fingerprint density at radius 1 is 1.00 bits per heavy atom. The third-order valence-corrected chi connectivity index (χ3v) is 6.18. The minimum atomic E-state index is -0.0405. The number of amides is 1. The molecule has 5 heteroatoms. The number of rotatable bonds is 6. The molecule has 0 aromatic heterocycles. The largest absolute Gasteiger partial charge is 0.349 e. The second-order valence-electron chi connectivity index (χ2n) is 8.32. The zero-order valence-corrected chi connectivity index (χ0v) is 16.5. The van der Waals surface area contributed by atoms with Crippen LogP contribution in [-0.2, 0) is 4.79 Å². The van der Waals surface area contributed by atoms with Crippen molar-refractivity contribution in [3.63, 3.8) is 0 Å². The quantitative estimate of drug-likeness (QED) is 0.797. The van der Waals surface area contributed by atoms with Gasteiger partial charge in [0.25, 0.3) is 0 Å². The van der Waals surface area contributed by atoms with Gasteiger partial charge in [-0.3, -0.25) is 9.69 Å². The van der Waals surface area contributed by atoms with E-state index in [2.05, 4.69) is 54.8 Å². The summed E-state index contributed by atoms with van der Waals surface area (Å²) in [5.41, 5.74) is -0.0405. The van der Waals surface area contributed by atoms with Crippen molar-refractivity contribution in [3.05, 3.63) is 0 Å². The van der Waals surface area contributed by atoms with E-state index < -0.39 is 0 Å². The van der Waals surface area contributed by atoms with Crippen molar-refractivity contribution >= 4 is 5.91 Å². The lowest BCUT2D eigenvalue weighted by Crippen LogP contribution is -2.62. The topological polar surface area (TPSA) is 38.8 Å². The minimum Gasteiger partial charge on any atom is -0.349 e. The van der Waals surface area contributed by atoms with Gasteiger partial charge in [-0.25, -0.2) is 0 Å². The van der Waals surface area contributed by atoms with Crippen molar-refractivity contribution in [2.45, 2.75) is 46.1 Å². The molecule has 2 aliphatic heterocycles. The smallest absolute Gasteiger partial charge is 0.223 e. The van der Waals surface area contributed by atoms with Gasteiger partial charge in [-0.1, -0.05) is 27.7 Å². The SMILES string of the molecule is CCN1CCN(CC2(NC(=O)C(C)C(C)C)CCN(C)CC2)CC1. The molecule has 0 aromatic carbocycles. The molecule has 2 fully saturated rings. The van der Waals surface area contributed by atoms with Gasteiger partial charge < -0.3 is 15.1 Å². The Morgan fingerprint density at radius 3 is 2.04 bits per heavy atom. The summed E-state index contributed by atoms with van der Waals surface area (Å²) in [6.45, 7) is 17.4. The maximum absolute atomic E-state index is 12.7. The van der Waals surface area contributed by atoms with Gasteiger partial charge in [-0.05, 0) is 32.4 Å². The summed E-state index contributed by atoms with van der Waals surface area (Å²) >= 11 is 0. The summed E-state index contributed by atoms with van der Waals surface area (Å²) in [5.74, 6) is 0.710. The lowest BCUT2D eigenvalue weighted by atomic mass is 9.85. The number of hydrogen-bond donors (Lipinski definition) is 1. The van der Waals surface area contributed by atoms with Crippen LogP contribution in [0.15, 0.2) is 0 Å². The van der Waals surface area contributed by atoms with Crippen LogP contribution in [0.25, 0.3) is 0 Å². The van der Waals surface area contributed by atoms with Crippen molar-refractivity contribution in [1.82, 2.24) is 20.0 Å². The molecule has 0 saturated carbocycles. The molecule has 0 aliphatic carbocycles. The molecule has 0 spiro atoms. The minimum absolute atomic E-state index is 0.0405. The standard InChI is InChI=1S/C19H38N4O/c1-6-22-11-13-23(14-12-22)15-19(7-9-21(5)10-8-19)20-18(24)17(4)16(2)3/h16-17H,6-15H2,1-5H3,(H,20,24). The van der Waals surface area contributed by atoms with Crippen LogP contribution in [0.3, 0.4) is 0 Å². The normalized spacial score (nSPS) is 24.9. The Labute approximate surface area is 148 Å². The van der Waals surface area contributed by atoms with Crippen molar-refractivity contribution in [2.75, 3.05) is 59.4 Å². The average Bonchev–Trinajstić information content (AvgIpc) is 2.57. The highest BCUT2D eigenvalue weighted by molar-refractivity contribution is 5.79. The molecule has 2 aliphatic rings. The number of hydrogen-bond acceptors (Lipinski definition) is 4. The van der Waals surface area contributed by atoms with Gasteiger partial charge in [0, 0.05) is 51.7 Å². The molecule has 1 unspecified atom stereocenters. The van der Waals surface area contributed by atoms with Gasteiger partial charge in [-0.15, -0.1) is 0 Å². The van der Waals surface area contributed by atoms with Gasteiger partial charge in [0.15, 0.2) is 0 Å². The molecule has 1 atom stereocenters. The van der Waals surface area contributed by atoms with Crippen LogP contribution in [0.2, 0.25) is 0 Å². The van der Waals surface area contributed by atoms with Crippen molar-refractivity contribution in [2.24, 2.45) is 11.8 Å². The van der Waals surface area contributed by atoms with E-state index in [4.69, 9.17) is 0 Å². The molecule has 0 aromatic rings. The lowest BCUT2D eigenvalue weighted by Gasteiger charge is -2.46. The summed E-state index contributed by atoms with van der Waals surface area (Å²) in [5, 5.41) is 3.49. The van der Waals surface area contributed by atoms with E-state index in [1.807, 2.05) is 0 Å². The first-order chi connectivity index (χ1) is 11.3. The molecule has 2 rings (SSSR count). The summed E-state index contributed by atoms with van der Waals surface area (Å²) in [4.78, 5) is 20.2. The Balaban J connectivity index is 2.00. The number of piperidine rings is 1. The molecule has 1 N–H and O–H groups in total. The maximum Gasteiger partial charge on any atom is 0.223 e. The van der Waals surface area contributed by atoms with E-state index in [0.29, 0.717) is 5.92 Å². The zero-order valence-electron chi connectivity index (χ0n) is 16.5. The second kappa shape index (κ2) is 8.63. The number of nitrogens with zero attached hydrogens (tertiary/aromatic N) is 3. The van der Waals surface area contributed by atoms with Crippen molar-refractivity contribution < 1.29 is 4.79 Å². The first-order valence-electron chi connectivity index (χ1n) is 9.80. The highest BCUT2D eigenvalue weighted by Crippen LogP contribution is 2.25.